The third-order valence-corrected chi connectivity index (χ3v) is 3.90. The van der Waals surface area contributed by atoms with Crippen LogP contribution in [0.15, 0.2) is 21.8 Å². The SMILES string of the molecule is CCNC(=NCc1ccsc1)NC1CC1(C)C.I. The predicted molar refractivity (Wildman–Crippen MR) is 89.9 cm³/mol. The van der Waals surface area contributed by atoms with E-state index in [4.69, 9.17) is 0 Å². The summed E-state index contributed by atoms with van der Waals surface area (Å²) < 4.78 is 0. The van der Waals surface area contributed by atoms with Gasteiger partial charge in [0.25, 0.3) is 0 Å². The average molecular weight is 379 g/mol. The maximum absolute atomic E-state index is 4.60. The molecule has 0 aliphatic heterocycles. The van der Waals surface area contributed by atoms with Crippen LogP contribution in [0.3, 0.4) is 0 Å². The lowest BCUT2D eigenvalue weighted by atomic mass is 10.2. The highest BCUT2D eigenvalue weighted by Gasteiger charge is 2.46. The minimum absolute atomic E-state index is 0. The Morgan fingerprint density at radius 2 is 2.28 bits per heavy atom. The van der Waals surface area contributed by atoms with Crippen LogP contribution in [0.4, 0.5) is 0 Å². The van der Waals surface area contributed by atoms with Crippen molar-refractivity contribution in [2.75, 3.05) is 6.54 Å². The highest BCUT2D eigenvalue weighted by Crippen LogP contribution is 2.44. The number of rotatable bonds is 4. The summed E-state index contributed by atoms with van der Waals surface area (Å²) >= 11 is 1.72. The van der Waals surface area contributed by atoms with Gasteiger partial charge in [0.15, 0.2) is 5.96 Å². The molecular formula is C13H22IN3S. The molecule has 1 aromatic heterocycles. The number of hydrogen-bond acceptors (Lipinski definition) is 2. The molecule has 0 bridgehead atoms. The lowest BCUT2D eigenvalue weighted by molar-refractivity contribution is 0.589. The van der Waals surface area contributed by atoms with Gasteiger partial charge in [-0.15, -0.1) is 24.0 Å². The van der Waals surface area contributed by atoms with E-state index in [2.05, 4.69) is 53.2 Å². The van der Waals surface area contributed by atoms with E-state index < -0.39 is 0 Å². The van der Waals surface area contributed by atoms with E-state index in [1.807, 2.05) is 0 Å². The second kappa shape index (κ2) is 6.75. The smallest absolute Gasteiger partial charge is 0.191 e. The van der Waals surface area contributed by atoms with Crippen LogP contribution >= 0.6 is 35.3 Å². The quantitative estimate of drug-likeness (QED) is 0.479. The van der Waals surface area contributed by atoms with E-state index in [9.17, 15) is 0 Å². The van der Waals surface area contributed by atoms with E-state index in [0.29, 0.717) is 11.5 Å². The second-order valence-electron chi connectivity index (χ2n) is 5.22. The molecule has 0 radical (unpaired) electrons. The van der Waals surface area contributed by atoms with Crippen molar-refractivity contribution < 1.29 is 0 Å². The summed E-state index contributed by atoms with van der Waals surface area (Å²) in [6.07, 6.45) is 1.23. The van der Waals surface area contributed by atoms with Gasteiger partial charge in [0, 0.05) is 12.6 Å². The van der Waals surface area contributed by atoms with Crippen LogP contribution in [0.5, 0.6) is 0 Å². The van der Waals surface area contributed by atoms with Gasteiger partial charge in [0.05, 0.1) is 6.54 Å². The molecule has 0 aromatic carbocycles. The van der Waals surface area contributed by atoms with Crippen molar-refractivity contribution in [2.24, 2.45) is 10.4 Å². The molecule has 1 aliphatic carbocycles. The average Bonchev–Trinajstić information content (AvgIpc) is 2.69. The van der Waals surface area contributed by atoms with Crippen LogP contribution in [0, 0.1) is 5.41 Å². The number of nitrogens with zero attached hydrogens (tertiary/aromatic N) is 1. The predicted octanol–water partition coefficient (Wildman–Crippen LogP) is 3.22. The molecular weight excluding hydrogens is 357 g/mol. The molecule has 102 valence electrons. The fraction of sp³-hybridized carbons (Fsp3) is 0.615. The van der Waals surface area contributed by atoms with Gasteiger partial charge in [0.2, 0.25) is 0 Å². The van der Waals surface area contributed by atoms with E-state index in [0.717, 1.165) is 19.0 Å². The zero-order valence-electron chi connectivity index (χ0n) is 11.2. The van der Waals surface area contributed by atoms with Crippen molar-refractivity contribution in [2.45, 2.75) is 39.8 Å². The molecule has 2 N–H and O–H groups in total. The van der Waals surface area contributed by atoms with Gasteiger partial charge >= 0.3 is 0 Å². The fourth-order valence-corrected chi connectivity index (χ4v) is 2.41. The summed E-state index contributed by atoms with van der Waals surface area (Å²) in [6, 6.07) is 2.70. The summed E-state index contributed by atoms with van der Waals surface area (Å²) in [5.74, 6) is 0.939. The molecule has 1 saturated carbocycles. The Morgan fingerprint density at radius 1 is 1.56 bits per heavy atom. The van der Waals surface area contributed by atoms with E-state index in [1.165, 1.54) is 12.0 Å². The maximum Gasteiger partial charge on any atom is 0.191 e. The van der Waals surface area contributed by atoms with E-state index >= 15 is 0 Å². The van der Waals surface area contributed by atoms with Crippen LogP contribution in [-0.2, 0) is 6.54 Å². The Bertz CT molecular complexity index is 387. The number of hydrogen-bond donors (Lipinski definition) is 2. The highest BCUT2D eigenvalue weighted by atomic mass is 127. The lowest BCUT2D eigenvalue weighted by Gasteiger charge is -2.12. The molecule has 1 aliphatic rings. The third-order valence-electron chi connectivity index (χ3n) is 3.17. The van der Waals surface area contributed by atoms with E-state index in [-0.39, 0.29) is 24.0 Å². The van der Waals surface area contributed by atoms with Gasteiger partial charge in [-0.25, -0.2) is 4.99 Å². The summed E-state index contributed by atoms with van der Waals surface area (Å²) in [5.41, 5.74) is 1.71. The van der Waals surface area contributed by atoms with Gasteiger partial charge in [0.1, 0.15) is 0 Å². The molecule has 0 spiro atoms. The number of thiophene rings is 1. The monoisotopic (exact) mass is 379 g/mol. The zero-order valence-corrected chi connectivity index (χ0v) is 14.3. The van der Waals surface area contributed by atoms with Crippen molar-refractivity contribution in [3.05, 3.63) is 22.4 Å². The minimum atomic E-state index is 0. The molecule has 2 rings (SSSR count). The van der Waals surface area contributed by atoms with Gasteiger partial charge in [-0.3, -0.25) is 0 Å². The van der Waals surface area contributed by atoms with Crippen molar-refractivity contribution in [1.29, 1.82) is 0 Å². The van der Waals surface area contributed by atoms with Gasteiger partial charge in [-0.05, 0) is 41.1 Å². The third kappa shape index (κ3) is 4.42. The van der Waals surface area contributed by atoms with Gasteiger partial charge in [-0.1, -0.05) is 13.8 Å². The Labute approximate surface area is 130 Å². The molecule has 18 heavy (non-hydrogen) atoms. The van der Waals surface area contributed by atoms with Crippen LogP contribution in [-0.4, -0.2) is 18.5 Å². The second-order valence-corrected chi connectivity index (χ2v) is 6.00. The van der Waals surface area contributed by atoms with Crippen LogP contribution in [0.25, 0.3) is 0 Å². The molecule has 3 nitrogen and oxygen atoms in total. The summed E-state index contributed by atoms with van der Waals surface area (Å²) in [4.78, 5) is 4.60. The first-order valence-electron chi connectivity index (χ1n) is 6.18. The van der Waals surface area contributed by atoms with Crippen LogP contribution < -0.4 is 10.6 Å². The first-order valence-corrected chi connectivity index (χ1v) is 7.12. The first kappa shape index (κ1) is 15.8. The Morgan fingerprint density at radius 3 is 2.78 bits per heavy atom. The molecule has 1 atom stereocenters. The van der Waals surface area contributed by atoms with Crippen molar-refractivity contribution in [3.63, 3.8) is 0 Å². The summed E-state index contributed by atoms with van der Waals surface area (Å²) in [6.45, 7) is 8.33. The van der Waals surface area contributed by atoms with Crippen molar-refractivity contribution >= 4 is 41.3 Å². The maximum atomic E-state index is 4.60. The summed E-state index contributed by atoms with van der Waals surface area (Å²) in [7, 11) is 0. The summed E-state index contributed by atoms with van der Waals surface area (Å²) in [5, 5.41) is 11.0. The largest absolute Gasteiger partial charge is 0.357 e. The molecule has 0 amide bonds. The van der Waals surface area contributed by atoms with Crippen LogP contribution in [0.1, 0.15) is 32.8 Å². The lowest BCUT2D eigenvalue weighted by Crippen LogP contribution is -2.39. The molecule has 1 aromatic rings. The first-order chi connectivity index (χ1) is 8.12. The van der Waals surface area contributed by atoms with Crippen LogP contribution in [0.2, 0.25) is 0 Å². The Balaban J connectivity index is 0.00000162. The molecule has 1 heterocycles. The van der Waals surface area contributed by atoms with E-state index in [1.54, 1.807) is 11.3 Å². The fourth-order valence-electron chi connectivity index (χ4n) is 1.75. The normalized spacial score (nSPS) is 21.1. The topological polar surface area (TPSA) is 36.4 Å². The zero-order chi connectivity index (χ0) is 12.3. The Hall–Kier alpha value is -0.300. The van der Waals surface area contributed by atoms with Crippen molar-refractivity contribution in [3.8, 4) is 0 Å². The number of halogens is 1. The Kier molecular flexibility index (Phi) is 5.91. The molecule has 0 saturated heterocycles. The van der Waals surface area contributed by atoms with Gasteiger partial charge < -0.3 is 10.6 Å². The molecule has 5 heteroatoms. The number of aliphatic imine (C=N–C) groups is 1. The number of nitrogens with one attached hydrogen (secondary N) is 2. The highest BCUT2D eigenvalue weighted by molar-refractivity contribution is 14.0. The molecule has 1 unspecified atom stereocenters. The van der Waals surface area contributed by atoms with Gasteiger partial charge in [-0.2, -0.15) is 11.3 Å². The minimum Gasteiger partial charge on any atom is -0.357 e. The standard InChI is InChI=1S/C13H21N3S.HI/c1-4-14-12(16-11-7-13(11,2)3)15-8-10-5-6-17-9-10;/h5-6,9,11H,4,7-8H2,1-3H3,(H2,14,15,16);1H. The van der Waals surface area contributed by atoms with Crippen molar-refractivity contribution in [1.82, 2.24) is 10.6 Å². The number of guanidine groups is 1. The molecule has 1 fully saturated rings.